The Balaban J connectivity index is 2.19. The van der Waals surface area contributed by atoms with Crippen molar-refractivity contribution in [3.8, 4) is 11.5 Å². The van der Waals surface area contributed by atoms with Crippen molar-refractivity contribution in [2.45, 2.75) is 31.6 Å². The van der Waals surface area contributed by atoms with Gasteiger partial charge in [-0.15, -0.1) is 0 Å². The van der Waals surface area contributed by atoms with Gasteiger partial charge in [0.15, 0.2) is 0 Å². The van der Waals surface area contributed by atoms with Crippen molar-refractivity contribution in [1.82, 2.24) is 4.72 Å². The number of para-hydroxylation sites is 1. The lowest BCUT2D eigenvalue weighted by molar-refractivity contribution is -0.141. The molecule has 0 fully saturated rings. The fraction of sp³-hybridized carbons (Fsp3) is 0.263. The van der Waals surface area contributed by atoms with E-state index >= 15 is 0 Å². The van der Waals surface area contributed by atoms with Gasteiger partial charge in [0.1, 0.15) is 16.9 Å². The summed E-state index contributed by atoms with van der Waals surface area (Å²) in [6.07, 6.45) is 0.202. The average Bonchev–Trinajstić information content (AvgIpc) is 2.64. The Morgan fingerprint density at radius 3 is 1.96 bits per heavy atom. The third-order valence-corrected chi connectivity index (χ3v) is 5.80. The molecule has 8 heteroatoms. The Hall–Kier alpha value is -2.87. The first-order chi connectivity index (χ1) is 12.7. The maximum absolute atomic E-state index is 12.5. The van der Waals surface area contributed by atoms with E-state index in [1.165, 1.54) is 24.3 Å². The Labute approximate surface area is 158 Å². The summed E-state index contributed by atoms with van der Waals surface area (Å²) in [5.74, 6) is -0.727. The fourth-order valence-corrected chi connectivity index (χ4v) is 3.67. The molecule has 2 amide bonds. The molecule has 0 saturated heterocycles. The highest BCUT2D eigenvalue weighted by Gasteiger charge is 2.42. The SMILES string of the molecule is CCC(CC)(C(N)=O)C(=O)NS(=O)(=O)c1ccc(Oc2ccccc2)cc1. The Morgan fingerprint density at radius 1 is 0.963 bits per heavy atom. The van der Waals surface area contributed by atoms with Crippen LogP contribution in [0.2, 0.25) is 0 Å². The van der Waals surface area contributed by atoms with E-state index in [0.29, 0.717) is 11.5 Å². The molecule has 2 aromatic carbocycles. The number of carbonyl (C=O) groups is 2. The number of hydrogen-bond acceptors (Lipinski definition) is 5. The van der Waals surface area contributed by atoms with Gasteiger partial charge in [-0.05, 0) is 49.2 Å². The number of ether oxygens (including phenoxy) is 1. The van der Waals surface area contributed by atoms with Crippen LogP contribution < -0.4 is 15.2 Å². The predicted molar refractivity (Wildman–Crippen MR) is 100 cm³/mol. The van der Waals surface area contributed by atoms with Crippen molar-refractivity contribution >= 4 is 21.8 Å². The van der Waals surface area contributed by atoms with Crippen molar-refractivity contribution in [2.75, 3.05) is 0 Å². The van der Waals surface area contributed by atoms with Crippen molar-refractivity contribution in [1.29, 1.82) is 0 Å². The maximum atomic E-state index is 12.5. The summed E-state index contributed by atoms with van der Waals surface area (Å²) >= 11 is 0. The summed E-state index contributed by atoms with van der Waals surface area (Å²) < 4.78 is 32.5. The third-order valence-electron chi connectivity index (χ3n) is 4.45. The molecule has 0 saturated carbocycles. The van der Waals surface area contributed by atoms with Gasteiger partial charge in [0.2, 0.25) is 11.8 Å². The monoisotopic (exact) mass is 390 g/mol. The van der Waals surface area contributed by atoms with Crippen LogP contribution >= 0.6 is 0 Å². The smallest absolute Gasteiger partial charge is 0.264 e. The second kappa shape index (κ2) is 8.22. The molecule has 0 atom stereocenters. The summed E-state index contributed by atoms with van der Waals surface area (Å²) in [5, 5.41) is 0. The first kappa shape index (κ1) is 20.4. The van der Waals surface area contributed by atoms with E-state index in [-0.39, 0.29) is 17.7 Å². The highest BCUT2D eigenvalue weighted by Crippen LogP contribution is 2.27. The molecule has 0 bridgehead atoms. The molecule has 2 rings (SSSR count). The van der Waals surface area contributed by atoms with Crippen LogP contribution in [0.1, 0.15) is 26.7 Å². The first-order valence-electron chi connectivity index (χ1n) is 8.45. The minimum Gasteiger partial charge on any atom is -0.457 e. The molecule has 0 radical (unpaired) electrons. The number of benzene rings is 2. The molecular formula is C19H22N2O5S. The first-order valence-corrected chi connectivity index (χ1v) is 9.93. The van der Waals surface area contributed by atoms with Gasteiger partial charge >= 0.3 is 0 Å². The van der Waals surface area contributed by atoms with Crippen LogP contribution in [0.5, 0.6) is 11.5 Å². The highest BCUT2D eigenvalue weighted by atomic mass is 32.2. The molecule has 0 unspecified atom stereocenters. The van der Waals surface area contributed by atoms with E-state index in [1.807, 2.05) is 22.9 Å². The van der Waals surface area contributed by atoms with Crippen LogP contribution in [-0.2, 0) is 19.6 Å². The molecule has 3 N–H and O–H groups in total. The Kier molecular flexibility index (Phi) is 6.22. The number of carbonyl (C=O) groups excluding carboxylic acids is 2. The zero-order valence-corrected chi connectivity index (χ0v) is 16.0. The second-order valence-electron chi connectivity index (χ2n) is 5.97. The van der Waals surface area contributed by atoms with Crippen LogP contribution in [0.25, 0.3) is 0 Å². The average molecular weight is 390 g/mol. The van der Waals surface area contributed by atoms with Crippen LogP contribution in [0.4, 0.5) is 0 Å². The lowest BCUT2D eigenvalue weighted by atomic mass is 9.81. The van der Waals surface area contributed by atoms with Gasteiger partial charge < -0.3 is 10.5 Å². The summed E-state index contributed by atoms with van der Waals surface area (Å²) in [6.45, 7) is 3.21. The predicted octanol–water partition coefficient (Wildman–Crippen LogP) is 2.58. The number of primary amides is 1. The van der Waals surface area contributed by atoms with Gasteiger partial charge in [-0.2, -0.15) is 0 Å². The topological polar surface area (TPSA) is 116 Å². The Morgan fingerprint density at radius 2 is 1.48 bits per heavy atom. The second-order valence-corrected chi connectivity index (χ2v) is 7.66. The number of rotatable bonds is 8. The van der Waals surface area contributed by atoms with Gasteiger partial charge in [-0.3, -0.25) is 9.59 Å². The molecular weight excluding hydrogens is 368 g/mol. The standard InChI is InChI=1S/C19H22N2O5S/c1-3-19(4-2,17(20)22)18(23)21-27(24,25)16-12-10-15(11-13-16)26-14-8-6-5-7-9-14/h5-13H,3-4H2,1-2H3,(H2,20,22)(H,21,23). The number of sulfonamides is 1. The molecule has 0 aliphatic carbocycles. The van der Waals surface area contributed by atoms with E-state index in [2.05, 4.69) is 0 Å². The van der Waals surface area contributed by atoms with E-state index in [0.717, 1.165) is 0 Å². The molecule has 0 aromatic heterocycles. The number of nitrogens with two attached hydrogens (primary N) is 1. The van der Waals surface area contributed by atoms with Crippen molar-refractivity contribution < 1.29 is 22.7 Å². The number of nitrogens with one attached hydrogen (secondary N) is 1. The largest absolute Gasteiger partial charge is 0.457 e. The van der Waals surface area contributed by atoms with E-state index in [4.69, 9.17) is 10.5 Å². The zero-order chi connectivity index (χ0) is 20.1. The number of amides is 2. The molecule has 2 aromatic rings. The quantitative estimate of drug-likeness (QED) is 0.672. The minimum atomic E-state index is -4.15. The highest BCUT2D eigenvalue weighted by molar-refractivity contribution is 7.90. The maximum Gasteiger partial charge on any atom is 0.264 e. The van der Waals surface area contributed by atoms with Crippen molar-refractivity contribution in [3.63, 3.8) is 0 Å². The van der Waals surface area contributed by atoms with E-state index in [9.17, 15) is 18.0 Å². The summed E-state index contributed by atoms with van der Waals surface area (Å²) in [7, 11) is -4.15. The van der Waals surface area contributed by atoms with E-state index < -0.39 is 27.3 Å². The van der Waals surface area contributed by atoms with Crippen LogP contribution in [-0.4, -0.2) is 20.2 Å². The van der Waals surface area contributed by atoms with Gasteiger partial charge in [0, 0.05) is 0 Å². The lowest BCUT2D eigenvalue weighted by Crippen LogP contribution is -2.50. The molecule has 0 aliphatic heterocycles. The fourth-order valence-electron chi connectivity index (χ4n) is 2.62. The lowest BCUT2D eigenvalue weighted by Gasteiger charge is -2.26. The zero-order valence-electron chi connectivity index (χ0n) is 15.1. The summed E-state index contributed by atoms with van der Waals surface area (Å²) in [4.78, 5) is 24.0. The molecule has 0 heterocycles. The molecule has 7 nitrogen and oxygen atoms in total. The van der Waals surface area contributed by atoms with Gasteiger partial charge in [-0.1, -0.05) is 32.0 Å². The molecule has 27 heavy (non-hydrogen) atoms. The molecule has 144 valence electrons. The minimum absolute atomic E-state index is 0.101. The van der Waals surface area contributed by atoms with Crippen LogP contribution in [0, 0.1) is 5.41 Å². The third kappa shape index (κ3) is 4.46. The summed E-state index contributed by atoms with van der Waals surface area (Å²) in [6, 6.07) is 14.6. The van der Waals surface area contributed by atoms with Crippen LogP contribution in [0.15, 0.2) is 59.5 Å². The Bertz CT molecular complexity index is 905. The van der Waals surface area contributed by atoms with E-state index in [1.54, 1.807) is 26.0 Å². The number of hydrogen-bond donors (Lipinski definition) is 2. The normalized spacial score (nSPS) is 11.6. The summed E-state index contributed by atoms with van der Waals surface area (Å²) in [5.41, 5.74) is 3.77. The van der Waals surface area contributed by atoms with Crippen LogP contribution in [0.3, 0.4) is 0 Å². The van der Waals surface area contributed by atoms with Crippen molar-refractivity contribution in [3.05, 3.63) is 54.6 Å². The van der Waals surface area contributed by atoms with Crippen molar-refractivity contribution in [2.24, 2.45) is 11.1 Å². The van der Waals surface area contributed by atoms with Gasteiger partial charge in [0.25, 0.3) is 10.0 Å². The van der Waals surface area contributed by atoms with Gasteiger partial charge in [0.05, 0.1) is 4.90 Å². The molecule has 0 aliphatic rings. The molecule has 0 spiro atoms. The van der Waals surface area contributed by atoms with Gasteiger partial charge in [-0.25, -0.2) is 13.1 Å².